The molecule has 4 heteroatoms. The highest BCUT2D eigenvalue weighted by atomic mass is 32.2. The zero-order chi connectivity index (χ0) is 20.4. The summed E-state index contributed by atoms with van der Waals surface area (Å²) >= 11 is 1.43. The quantitative estimate of drug-likeness (QED) is 0.530. The highest BCUT2D eigenvalue weighted by molar-refractivity contribution is 8.03. The Balaban J connectivity index is 1.75. The minimum Gasteiger partial charge on any atom is -0.268 e. The average Bonchev–Trinajstić information content (AvgIpc) is 2.97. The summed E-state index contributed by atoms with van der Waals surface area (Å²) in [6, 6.07) is 25.2. The van der Waals surface area contributed by atoms with Crippen LogP contribution in [-0.2, 0) is 15.3 Å². The lowest BCUT2D eigenvalue weighted by Gasteiger charge is -2.15. The number of nitrogens with zero attached hydrogens (tertiary/aromatic N) is 1. The van der Waals surface area contributed by atoms with E-state index < -0.39 is 0 Å². The first kappa shape index (κ1) is 19.2. The van der Waals surface area contributed by atoms with Gasteiger partial charge < -0.3 is 0 Å². The molecule has 0 radical (unpaired) electrons. The summed E-state index contributed by atoms with van der Waals surface area (Å²) in [6.07, 6.45) is 0. The van der Waals surface area contributed by atoms with Crippen molar-refractivity contribution in [2.45, 2.75) is 19.6 Å². The number of hydrogen-bond donors (Lipinski definition) is 0. The zero-order valence-corrected chi connectivity index (χ0v) is 17.2. The second kappa shape index (κ2) is 8.10. The van der Waals surface area contributed by atoms with Gasteiger partial charge in [0.2, 0.25) is 0 Å². The van der Waals surface area contributed by atoms with E-state index in [0.717, 1.165) is 22.3 Å². The molecule has 0 saturated heterocycles. The Labute approximate surface area is 175 Å². The Morgan fingerprint density at radius 3 is 2.17 bits per heavy atom. The van der Waals surface area contributed by atoms with Gasteiger partial charge in [-0.05, 0) is 42.7 Å². The summed E-state index contributed by atoms with van der Waals surface area (Å²) in [5.74, 6) is 0.115. The van der Waals surface area contributed by atoms with Crippen LogP contribution in [0.5, 0.6) is 0 Å². The summed E-state index contributed by atoms with van der Waals surface area (Å²) in [6.45, 7) is 3.96. The minimum atomic E-state index is -0.264. The van der Waals surface area contributed by atoms with Gasteiger partial charge in [0, 0.05) is 5.75 Å². The second-order valence-electron chi connectivity index (χ2n) is 7.13. The van der Waals surface area contributed by atoms with Crippen molar-refractivity contribution in [2.75, 3.05) is 4.90 Å². The van der Waals surface area contributed by atoms with Gasteiger partial charge in [-0.3, -0.25) is 9.59 Å². The maximum atomic E-state index is 13.4. The Hall–Kier alpha value is -3.11. The van der Waals surface area contributed by atoms with Crippen LogP contribution in [0, 0.1) is 13.8 Å². The normalized spacial score (nSPS) is 14.1. The predicted molar refractivity (Wildman–Crippen MR) is 120 cm³/mol. The molecular weight excluding hydrogens is 378 g/mol. The number of amides is 2. The van der Waals surface area contributed by atoms with Crippen LogP contribution in [0.3, 0.4) is 0 Å². The topological polar surface area (TPSA) is 37.4 Å². The number of anilines is 1. The number of carbonyl (C=O) groups is 2. The molecule has 0 N–H and O–H groups in total. The molecule has 2 amide bonds. The fourth-order valence-corrected chi connectivity index (χ4v) is 4.42. The van der Waals surface area contributed by atoms with Crippen molar-refractivity contribution >= 4 is 34.8 Å². The fraction of sp³-hybridized carbons (Fsp3) is 0.120. The van der Waals surface area contributed by atoms with Gasteiger partial charge in [-0.25, -0.2) is 4.90 Å². The molecule has 0 bridgehead atoms. The van der Waals surface area contributed by atoms with Crippen LogP contribution < -0.4 is 4.90 Å². The second-order valence-corrected chi connectivity index (χ2v) is 8.11. The lowest BCUT2D eigenvalue weighted by Crippen LogP contribution is -2.31. The Morgan fingerprint density at radius 2 is 1.48 bits per heavy atom. The number of carbonyl (C=O) groups excluding carboxylic acids is 2. The van der Waals surface area contributed by atoms with E-state index in [2.05, 4.69) is 0 Å². The summed E-state index contributed by atoms with van der Waals surface area (Å²) in [4.78, 5) is 28.5. The molecule has 144 valence electrons. The molecule has 29 heavy (non-hydrogen) atoms. The molecule has 0 spiro atoms. The molecular formula is C25H21NO2S. The standard InChI is InChI=1S/C25H21NO2S/c1-17-11-13-20(14-12-17)22-23(29-16-19-8-4-3-5-9-19)25(28)26(24(22)27)21-10-6-7-18(2)15-21/h3-15H,16H2,1-2H3. The molecule has 4 rings (SSSR count). The van der Waals surface area contributed by atoms with Crippen LogP contribution in [0.1, 0.15) is 22.3 Å². The van der Waals surface area contributed by atoms with Crippen LogP contribution in [-0.4, -0.2) is 11.8 Å². The number of rotatable bonds is 5. The number of benzene rings is 3. The van der Waals surface area contributed by atoms with Gasteiger partial charge in [0.25, 0.3) is 11.8 Å². The molecule has 1 aliphatic rings. The molecule has 3 nitrogen and oxygen atoms in total. The summed E-state index contributed by atoms with van der Waals surface area (Å²) in [5.41, 5.74) is 5.10. The van der Waals surface area contributed by atoms with Gasteiger partial charge in [0.05, 0.1) is 16.2 Å². The third-order valence-electron chi connectivity index (χ3n) is 4.87. The van der Waals surface area contributed by atoms with Gasteiger partial charge in [-0.15, -0.1) is 11.8 Å². The molecule has 0 atom stereocenters. The number of thioether (sulfide) groups is 1. The smallest absolute Gasteiger partial charge is 0.268 e. The van der Waals surface area contributed by atoms with E-state index in [1.807, 2.05) is 86.6 Å². The third-order valence-corrected chi connectivity index (χ3v) is 6.01. The van der Waals surface area contributed by atoms with Crippen molar-refractivity contribution in [3.05, 3.63) is 106 Å². The van der Waals surface area contributed by atoms with Gasteiger partial charge in [0.15, 0.2) is 0 Å². The Bertz CT molecular complexity index is 1100. The summed E-state index contributed by atoms with van der Waals surface area (Å²) < 4.78 is 0. The monoisotopic (exact) mass is 399 g/mol. The first-order chi connectivity index (χ1) is 14.0. The number of aryl methyl sites for hydroxylation is 2. The third kappa shape index (κ3) is 3.89. The van der Waals surface area contributed by atoms with Crippen molar-refractivity contribution < 1.29 is 9.59 Å². The molecule has 0 aliphatic carbocycles. The Morgan fingerprint density at radius 1 is 0.759 bits per heavy atom. The average molecular weight is 400 g/mol. The summed E-state index contributed by atoms with van der Waals surface area (Å²) in [5, 5.41) is 0. The SMILES string of the molecule is Cc1ccc(C2=C(SCc3ccccc3)C(=O)N(c3cccc(C)c3)C2=O)cc1. The van der Waals surface area contributed by atoms with Crippen molar-refractivity contribution in [1.29, 1.82) is 0 Å². The molecule has 0 unspecified atom stereocenters. The lowest BCUT2D eigenvalue weighted by atomic mass is 10.0. The van der Waals surface area contributed by atoms with Crippen LogP contribution in [0.2, 0.25) is 0 Å². The van der Waals surface area contributed by atoms with E-state index in [1.165, 1.54) is 16.7 Å². The van der Waals surface area contributed by atoms with Crippen LogP contribution in [0.25, 0.3) is 5.57 Å². The van der Waals surface area contributed by atoms with E-state index in [-0.39, 0.29) is 11.8 Å². The van der Waals surface area contributed by atoms with Gasteiger partial charge >= 0.3 is 0 Å². The van der Waals surface area contributed by atoms with Crippen molar-refractivity contribution in [2.24, 2.45) is 0 Å². The van der Waals surface area contributed by atoms with Crippen LogP contribution in [0.15, 0.2) is 83.8 Å². The molecule has 0 fully saturated rings. The van der Waals surface area contributed by atoms with Crippen LogP contribution in [0.4, 0.5) is 5.69 Å². The Kier molecular flexibility index (Phi) is 5.36. The predicted octanol–water partition coefficient (Wildman–Crippen LogP) is 5.52. The highest BCUT2D eigenvalue weighted by Gasteiger charge is 2.40. The first-order valence-electron chi connectivity index (χ1n) is 9.48. The van der Waals surface area contributed by atoms with E-state index in [9.17, 15) is 9.59 Å². The summed E-state index contributed by atoms with van der Waals surface area (Å²) in [7, 11) is 0. The van der Waals surface area contributed by atoms with E-state index in [0.29, 0.717) is 21.9 Å². The van der Waals surface area contributed by atoms with E-state index in [1.54, 1.807) is 6.07 Å². The highest BCUT2D eigenvalue weighted by Crippen LogP contribution is 2.39. The van der Waals surface area contributed by atoms with Gasteiger partial charge in [0.1, 0.15) is 0 Å². The molecule has 3 aromatic carbocycles. The van der Waals surface area contributed by atoms with Gasteiger partial charge in [-0.2, -0.15) is 0 Å². The molecule has 0 saturated carbocycles. The van der Waals surface area contributed by atoms with E-state index >= 15 is 0 Å². The fourth-order valence-electron chi connectivity index (χ4n) is 3.35. The molecule has 1 heterocycles. The largest absolute Gasteiger partial charge is 0.272 e. The maximum Gasteiger partial charge on any atom is 0.272 e. The number of hydrogen-bond acceptors (Lipinski definition) is 3. The van der Waals surface area contributed by atoms with Gasteiger partial charge in [-0.1, -0.05) is 72.3 Å². The minimum absolute atomic E-state index is 0.253. The van der Waals surface area contributed by atoms with Crippen LogP contribution >= 0.6 is 11.8 Å². The molecule has 0 aromatic heterocycles. The molecule has 3 aromatic rings. The number of imide groups is 1. The van der Waals surface area contributed by atoms with Crippen molar-refractivity contribution in [3.63, 3.8) is 0 Å². The van der Waals surface area contributed by atoms with Crippen molar-refractivity contribution in [1.82, 2.24) is 0 Å². The molecule has 1 aliphatic heterocycles. The first-order valence-corrected chi connectivity index (χ1v) is 10.5. The van der Waals surface area contributed by atoms with E-state index in [4.69, 9.17) is 0 Å². The zero-order valence-electron chi connectivity index (χ0n) is 16.4. The van der Waals surface area contributed by atoms with Crippen molar-refractivity contribution in [3.8, 4) is 0 Å². The maximum absolute atomic E-state index is 13.4. The lowest BCUT2D eigenvalue weighted by molar-refractivity contribution is -0.119.